The standard InChI is InChI=1S/C22H16Cl2N4OS/c23-18-11-10-17(19(24)12-18)14-29-20-9-5-4-8-16(20)13-25-28-21(26-27-22(28)30)15-6-2-1-3-7-15/h1-13H,14H2,(H,27,30)/b25-13-. The molecule has 0 amide bonds. The lowest BCUT2D eigenvalue weighted by molar-refractivity contribution is 0.306. The summed E-state index contributed by atoms with van der Waals surface area (Å²) in [7, 11) is 0. The highest BCUT2D eigenvalue weighted by atomic mass is 35.5. The van der Waals surface area contributed by atoms with Gasteiger partial charge in [-0.1, -0.05) is 71.7 Å². The molecule has 0 unspecified atom stereocenters. The third-order valence-corrected chi connectivity index (χ3v) is 5.16. The predicted octanol–water partition coefficient (Wildman–Crippen LogP) is 6.38. The minimum Gasteiger partial charge on any atom is -0.488 e. The van der Waals surface area contributed by atoms with E-state index in [-0.39, 0.29) is 0 Å². The molecule has 0 bridgehead atoms. The topological polar surface area (TPSA) is 55.2 Å². The van der Waals surface area contributed by atoms with Crippen LogP contribution >= 0.6 is 35.4 Å². The van der Waals surface area contributed by atoms with Crippen LogP contribution in [-0.4, -0.2) is 21.1 Å². The summed E-state index contributed by atoms with van der Waals surface area (Å²) in [6, 6.07) is 22.6. The van der Waals surface area contributed by atoms with Crippen molar-refractivity contribution >= 4 is 41.6 Å². The van der Waals surface area contributed by atoms with E-state index < -0.39 is 0 Å². The Morgan fingerprint density at radius 3 is 2.60 bits per heavy atom. The molecule has 0 fully saturated rings. The summed E-state index contributed by atoms with van der Waals surface area (Å²) < 4.78 is 7.96. The molecule has 0 saturated heterocycles. The zero-order valence-corrected chi connectivity index (χ0v) is 18.0. The maximum Gasteiger partial charge on any atom is 0.216 e. The first-order chi connectivity index (χ1) is 14.6. The van der Waals surface area contributed by atoms with Gasteiger partial charge < -0.3 is 4.74 Å². The van der Waals surface area contributed by atoms with E-state index in [1.54, 1.807) is 23.0 Å². The van der Waals surface area contributed by atoms with E-state index in [1.807, 2.05) is 60.7 Å². The second-order valence-electron chi connectivity index (χ2n) is 6.34. The Morgan fingerprint density at radius 1 is 1.03 bits per heavy atom. The Morgan fingerprint density at radius 2 is 1.80 bits per heavy atom. The van der Waals surface area contributed by atoms with Crippen molar-refractivity contribution in [2.75, 3.05) is 0 Å². The molecule has 0 aliphatic rings. The molecule has 0 aliphatic heterocycles. The maximum atomic E-state index is 6.24. The molecule has 4 aromatic rings. The van der Waals surface area contributed by atoms with E-state index in [0.29, 0.717) is 33.0 Å². The van der Waals surface area contributed by atoms with Gasteiger partial charge in [-0.3, -0.25) is 0 Å². The highest BCUT2D eigenvalue weighted by Gasteiger charge is 2.09. The van der Waals surface area contributed by atoms with Crippen LogP contribution in [0.15, 0.2) is 77.9 Å². The molecule has 0 spiro atoms. The Kier molecular flexibility index (Phi) is 6.28. The van der Waals surface area contributed by atoms with Gasteiger partial charge >= 0.3 is 0 Å². The van der Waals surface area contributed by atoms with Crippen molar-refractivity contribution in [3.8, 4) is 17.1 Å². The average molecular weight is 455 g/mol. The van der Waals surface area contributed by atoms with Gasteiger partial charge in [0.2, 0.25) is 4.77 Å². The summed E-state index contributed by atoms with van der Waals surface area (Å²) in [6.07, 6.45) is 1.69. The molecule has 30 heavy (non-hydrogen) atoms. The molecule has 5 nitrogen and oxygen atoms in total. The summed E-state index contributed by atoms with van der Waals surface area (Å²) in [5, 5.41) is 12.8. The van der Waals surface area contributed by atoms with Crippen molar-refractivity contribution in [2.45, 2.75) is 6.61 Å². The molecule has 3 aromatic carbocycles. The molecule has 0 radical (unpaired) electrons. The second-order valence-corrected chi connectivity index (χ2v) is 7.57. The van der Waals surface area contributed by atoms with E-state index in [1.165, 1.54) is 0 Å². The maximum absolute atomic E-state index is 6.24. The Labute approximate surface area is 188 Å². The molecular formula is C22H16Cl2N4OS. The number of hydrogen-bond donors (Lipinski definition) is 1. The molecule has 150 valence electrons. The van der Waals surface area contributed by atoms with Crippen LogP contribution in [0.5, 0.6) is 5.75 Å². The van der Waals surface area contributed by atoms with Gasteiger partial charge in [0.25, 0.3) is 0 Å². The molecular weight excluding hydrogens is 439 g/mol. The number of aromatic amines is 1. The van der Waals surface area contributed by atoms with Crippen molar-refractivity contribution in [3.05, 3.63) is 98.7 Å². The minimum atomic E-state index is 0.307. The van der Waals surface area contributed by atoms with Crippen LogP contribution in [0.3, 0.4) is 0 Å². The number of para-hydroxylation sites is 1. The van der Waals surface area contributed by atoms with E-state index >= 15 is 0 Å². The average Bonchev–Trinajstić information content (AvgIpc) is 3.13. The molecule has 8 heteroatoms. The Hall–Kier alpha value is -2.93. The van der Waals surface area contributed by atoms with Crippen LogP contribution in [-0.2, 0) is 6.61 Å². The van der Waals surface area contributed by atoms with Crippen LogP contribution in [0.2, 0.25) is 10.0 Å². The van der Waals surface area contributed by atoms with Gasteiger partial charge in [0.15, 0.2) is 5.82 Å². The number of rotatable bonds is 6. The van der Waals surface area contributed by atoms with Crippen molar-refractivity contribution in [1.29, 1.82) is 0 Å². The van der Waals surface area contributed by atoms with Crippen LogP contribution in [0.4, 0.5) is 0 Å². The van der Waals surface area contributed by atoms with Gasteiger partial charge in [-0.15, -0.1) is 0 Å². The fourth-order valence-corrected chi connectivity index (χ4v) is 3.45. The Bertz CT molecular complexity index is 1250. The van der Waals surface area contributed by atoms with Crippen molar-refractivity contribution in [3.63, 3.8) is 0 Å². The van der Waals surface area contributed by atoms with Gasteiger partial charge in [0.05, 0.1) is 6.21 Å². The van der Waals surface area contributed by atoms with Gasteiger partial charge in [-0.05, 0) is 36.5 Å². The lowest BCUT2D eigenvalue weighted by atomic mass is 10.2. The first-order valence-corrected chi connectivity index (χ1v) is 10.2. The number of halogens is 2. The van der Waals surface area contributed by atoms with E-state index in [2.05, 4.69) is 15.3 Å². The van der Waals surface area contributed by atoms with E-state index in [0.717, 1.165) is 16.7 Å². The summed E-state index contributed by atoms with van der Waals surface area (Å²) in [5.74, 6) is 1.30. The summed E-state index contributed by atoms with van der Waals surface area (Å²) >= 11 is 17.5. The second kappa shape index (κ2) is 9.26. The van der Waals surface area contributed by atoms with E-state index in [9.17, 15) is 0 Å². The van der Waals surface area contributed by atoms with Crippen LogP contribution in [0.25, 0.3) is 11.4 Å². The molecule has 1 aromatic heterocycles. The first kappa shape index (κ1) is 20.3. The predicted molar refractivity (Wildman–Crippen MR) is 123 cm³/mol. The fourth-order valence-electron chi connectivity index (χ4n) is 2.81. The molecule has 1 heterocycles. The third-order valence-electron chi connectivity index (χ3n) is 4.31. The highest BCUT2D eigenvalue weighted by Crippen LogP contribution is 2.24. The molecule has 4 rings (SSSR count). The van der Waals surface area contributed by atoms with Crippen LogP contribution in [0, 0.1) is 4.77 Å². The number of H-pyrrole nitrogens is 1. The quantitative estimate of drug-likeness (QED) is 0.271. The fraction of sp³-hybridized carbons (Fsp3) is 0.0455. The number of benzene rings is 3. The molecule has 0 saturated carbocycles. The smallest absolute Gasteiger partial charge is 0.216 e. The van der Waals surface area contributed by atoms with Gasteiger partial charge in [-0.25, -0.2) is 5.10 Å². The summed E-state index contributed by atoms with van der Waals surface area (Å²) in [5.41, 5.74) is 2.55. The number of nitrogens with one attached hydrogen (secondary N) is 1. The number of aromatic nitrogens is 3. The molecule has 0 atom stereocenters. The number of nitrogens with zero attached hydrogens (tertiary/aromatic N) is 3. The zero-order chi connectivity index (χ0) is 20.9. The van der Waals surface area contributed by atoms with Crippen molar-refractivity contribution in [1.82, 2.24) is 14.9 Å². The monoisotopic (exact) mass is 454 g/mol. The zero-order valence-electron chi connectivity index (χ0n) is 15.6. The van der Waals surface area contributed by atoms with Gasteiger partial charge in [0.1, 0.15) is 12.4 Å². The normalized spacial score (nSPS) is 11.1. The number of ether oxygens (including phenoxy) is 1. The van der Waals surface area contributed by atoms with Crippen molar-refractivity contribution < 1.29 is 4.74 Å². The molecule has 0 aliphatic carbocycles. The van der Waals surface area contributed by atoms with Gasteiger partial charge in [-0.2, -0.15) is 14.9 Å². The Balaban J connectivity index is 1.59. The highest BCUT2D eigenvalue weighted by molar-refractivity contribution is 7.71. The van der Waals surface area contributed by atoms with E-state index in [4.69, 9.17) is 40.2 Å². The third kappa shape index (κ3) is 4.62. The summed E-state index contributed by atoms with van der Waals surface area (Å²) in [6.45, 7) is 0.307. The largest absolute Gasteiger partial charge is 0.488 e. The first-order valence-electron chi connectivity index (χ1n) is 9.05. The number of hydrogen-bond acceptors (Lipinski definition) is 4. The summed E-state index contributed by atoms with van der Waals surface area (Å²) in [4.78, 5) is 0. The lowest BCUT2D eigenvalue weighted by Crippen LogP contribution is -2.00. The molecule has 1 N–H and O–H groups in total. The van der Waals surface area contributed by atoms with Gasteiger partial charge in [0, 0.05) is 26.7 Å². The van der Waals surface area contributed by atoms with Crippen LogP contribution < -0.4 is 4.74 Å². The SMILES string of the molecule is S=c1[nH]nc(-c2ccccc2)n1/N=C\c1ccccc1OCc1ccc(Cl)cc1Cl. The van der Waals surface area contributed by atoms with Crippen molar-refractivity contribution in [2.24, 2.45) is 5.10 Å². The lowest BCUT2D eigenvalue weighted by Gasteiger charge is -2.10. The minimum absolute atomic E-state index is 0.307. The van der Waals surface area contributed by atoms with Crippen LogP contribution in [0.1, 0.15) is 11.1 Å².